The maximum Gasteiger partial charge on any atom is 0.356 e. The molecule has 0 aliphatic heterocycles. The van der Waals surface area contributed by atoms with Crippen LogP contribution in [0.2, 0.25) is 0 Å². The SMILES string of the molecule is CCOC(=O)c1cnc(SCc2ccc(C#N)cc2)[nH]1. The lowest BCUT2D eigenvalue weighted by atomic mass is 10.2. The van der Waals surface area contributed by atoms with Gasteiger partial charge in [0.2, 0.25) is 0 Å². The summed E-state index contributed by atoms with van der Waals surface area (Å²) in [7, 11) is 0. The minimum atomic E-state index is -0.398. The first-order valence-corrected chi connectivity index (χ1v) is 7.05. The number of aromatic nitrogens is 2. The summed E-state index contributed by atoms with van der Waals surface area (Å²) in [6.07, 6.45) is 1.47. The molecule has 1 aromatic carbocycles. The Kier molecular flexibility index (Phi) is 4.80. The van der Waals surface area contributed by atoms with Crippen LogP contribution >= 0.6 is 11.8 Å². The third-order valence-corrected chi connectivity index (χ3v) is 3.47. The number of carbonyl (C=O) groups is 1. The molecule has 2 rings (SSSR count). The van der Waals surface area contributed by atoms with Crippen LogP contribution in [0.4, 0.5) is 0 Å². The molecule has 0 atom stereocenters. The van der Waals surface area contributed by atoms with E-state index in [1.54, 1.807) is 19.1 Å². The van der Waals surface area contributed by atoms with Crippen molar-refractivity contribution in [3.63, 3.8) is 0 Å². The van der Waals surface area contributed by atoms with Crippen molar-refractivity contribution in [2.24, 2.45) is 0 Å². The van der Waals surface area contributed by atoms with Gasteiger partial charge in [-0.3, -0.25) is 0 Å². The molecule has 20 heavy (non-hydrogen) atoms. The minimum absolute atomic E-state index is 0.339. The molecule has 1 aromatic heterocycles. The van der Waals surface area contributed by atoms with E-state index >= 15 is 0 Å². The van der Waals surface area contributed by atoms with Gasteiger partial charge in [-0.2, -0.15) is 5.26 Å². The number of ether oxygens (including phenoxy) is 1. The Hall–Kier alpha value is -2.26. The Labute approximate surface area is 121 Å². The number of nitrogens with zero attached hydrogens (tertiary/aromatic N) is 2. The molecule has 0 unspecified atom stereocenters. The molecular weight excluding hydrogens is 274 g/mol. The van der Waals surface area contributed by atoms with Crippen molar-refractivity contribution < 1.29 is 9.53 Å². The Morgan fingerprint density at radius 1 is 1.45 bits per heavy atom. The average molecular weight is 287 g/mol. The highest BCUT2D eigenvalue weighted by Crippen LogP contribution is 2.20. The second-order valence-electron chi connectivity index (χ2n) is 3.92. The summed E-state index contributed by atoms with van der Waals surface area (Å²) in [6, 6.07) is 9.45. The number of aromatic amines is 1. The number of rotatable bonds is 5. The number of hydrogen-bond donors (Lipinski definition) is 1. The molecule has 102 valence electrons. The van der Waals surface area contributed by atoms with Gasteiger partial charge in [0.05, 0.1) is 24.4 Å². The summed E-state index contributed by atoms with van der Waals surface area (Å²) >= 11 is 1.49. The first kappa shape index (κ1) is 14.2. The molecule has 0 radical (unpaired) electrons. The minimum Gasteiger partial charge on any atom is -0.461 e. The van der Waals surface area contributed by atoms with Gasteiger partial charge in [0, 0.05) is 5.75 Å². The van der Waals surface area contributed by atoms with Gasteiger partial charge in [0.1, 0.15) is 5.69 Å². The normalized spacial score (nSPS) is 10.0. The molecule has 2 aromatic rings. The van der Waals surface area contributed by atoms with Crippen molar-refractivity contribution in [1.82, 2.24) is 9.97 Å². The van der Waals surface area contributed by atoms with Crippen LogP contribution in [0.1, 0.15) is 28.5 Å². The molecule has 0 spiro atoms. The standard InChI is InChI=1S/C14H13N3O2S/c1-2-19-13(18)12-8-16-14(17-12)20-9-11-5-3-10(7-15)4-6-11/h3-6,8H,2,9H2,1H3,(H,16,17). The molecule has 5 nitrogen and oxygen atoms in total. The number of benzene rings is 1. The maximum atomic E-state index is 11.5. The lowest BCUT2D eigenvalue weighted by Gasteiger charge is -1.99. The number of carbonyl (C=O) groups excluding carboxylic acids is 1. The van der Waals surface area contributed by atoms with Gasteiger partial charge >= 0.3 is 5.97 Å². The van der Waals surface area contributed by atoms with Crippen molar-refractivity contribution in [2.75, 3.05) is 6.61 Å². The molecule has 1 N–H and O–H groups in total. The Bertz CT molecular complexity index is 629. The fraction of sp³-hybridized carbons (Fsp3) is 0.214. The zero-order valence-electron chi connectivity index (χ0n) is 10.9. The maximum absolute atomic E-state index is 11.5. The molecule has 6 heteroatoms. The van der Waals surface area contributed by atoms with Crippen LogP contribution in [0, 0.1) is 11.3 Å². The molecule has 1 heterocycles. The van der Waals surface area contributed by atoms with E-state index in [1.165, 1.54) is 18.0 Å². The summed E-state index contributed by atoms with van der Waals surface area (Å²) in [4.78, 5) is 18.5. The summed E-state index contributed by atoms with van der Waals surface area (Å²) in [5.74, 6) is 0.312. The van der Waals surface area contributed by atoms with Gasteiger partial charge in [0.15, 0.2) is 5.16 Å². The van der Waals surface area contributed by atoms with Crippen LogP contribution in [0.15, 0.2) is 35.6 Å². The number of esters is 1. The highest BCUT2D eigenvalue weighted by atomic mass is 32.2. The molecule has 0 aliphatic rings. The van der Waals surface area contributed by atoms with Gasteiger partial charge in [-0.15, -0.1) is 0 Å². The van der Waals surface area contributed by atoms with Crippen molar-refractivity contribution in [1.29, 1.82) is 5.26 Å². The summed E-state index contributed by atoms with van der Waals surface area (Å²) in [5.41, 5.74) is 2.08. The fourth-order valence-electron chi connectivity index (χ4n) is 1.52. The lowest BCUT2D eigenvalue weighted by molar-refractivity contribution is 0.0519. The van der Waals surface area contributed by atoms with Crippen LogP contribution < -0.4 is 0 Å². The highest BCUT2D eigenvalue weighted by Gasteiger charge is 2.10. The van der Waals surface area contributed by atoms with E-state index < -0.39 is 5.97 Å². The van der Waals surface area contributed by atoms with Crippen molar-refractivity contribution in [3.05, 3.63) is 47.3 Å². The first-order chi connectivity index (χ1) is 9.72. The van der Waals surface area contributed by atoms with Gasteiger partial charge in [-0.05, 0) is 24.6 Å². The topological polar surface area (TPSA) is 78.8 Å². The Morgan fingerprint density at radius 2 is 2.20 bits per heavy atom. The zero-order valence-corrected chi connectivity index (χ0v) is 11.7. The quantitative estimate of drug-likeness (QED) is 0.675. The molecule has 0 fully saturated rings. The van der Waals surface area contributed by atoms with E-state index in [1.807, 2.05) is 12.1 Å². The number of hydrogen-bond acceptors (Lipinski definition) is 5. The van der Waals surface area contributed by atoms with Gasteiger partial charge < -0.3 is 9.72 Å². The number of H-pyrrole nitrogens is 1. The highest BCUT2D eigenvalue weighted by molar-refractivity contribution is 7.98. The van der Waals surface area contributed by atoms with Crippen LogP contribution in [0.25, 0.3) is 0 Å². The van der Waals surface area contributed by atoms with Crippen LogP contribution in [-0.4, -0.2) is 22.5 Å². The van der Waals surface area contributed by atoms with Crippen molar-refractivity contribution in [3.8, 4) is 6.07 Å². The predicted octanol–water partition coefficient (Wildman–Crippen LogP) is 2.75. The summed E-state index contributed by atoms with van der Waals surface area (Å²) < 4.78 is 4.88. The molecule has 0 amide bonds. The lowest BCUT2D eigenvalue weighted by Crippen LogP contribution is -2.04. The van der Waals surface area contributed by atoms with E-state index in [2.05, 4.69) is 16.0 Å². The van der Waals surface area contributed by atoms with E-state index in [0.717, 1.165) is 5.56 Å². The van der Waals surface area contributed by atoms with Crippen LogP contribution in [0.5, 0.6) is 0 Å². The fourth-order valence-corrected chi connectivity index (χ4v) is 2.32. The molecule has 0 saturated heterocycles. The van der Waals surface area contributed by atoms with Crippen molar-refractivity contribution >= 4 is 17.7 Å². The van der Waals surface area contributed by atoms with E-state index in [9.17, 15) is 4.79 Å². The monoisotopic (exact) mass is 287 g/mol. The third-order valence-electron chi connectivity index (χ3n) is 2.51. The third kappa shape index (κ3) is 3.62. The van der Waals surface area contributed by atoms with Crippen LogP contribution in [-0.2, 0) is 10.5 Å². The van der Waals surface area contributed by atoms with Gasteiger partial charge in [0.25, 0.3) is 0 Å². The van der Waals surface area contributed by atoms with E-state index in [4.69, 9.17) is 10.00 Å². The smallest absolute Gasteiger partial charge is 0.356 e. The molecular formula is C14H13N3O2S. The number of nitriles is 1. The number of nitrogens with one attached hydrogen (secondary N) is 1. The van der Waals surface area contributed by atoms with Crippen molar-refractivity contribution in [2.45, 2.75) is 17.8 Å². The molecule has 0 aliphatic carbocycles. The van der Waals surface area contributed by atoms with Gasteiger partial charge in [-0.25, -0.2) is 9.78 Å². The van der Waals surface area contributed by atoms with Gasteiger partial charge in [-0.1, -0.05) is 23.9 Å². The molecule has 0 bridgehead atoms. The van der Waals surface area contributed by atoms with Crippen LogP contribution in [0.3, 0.4) is 0 Å². The molecule has 0 saturated carbocycles. The Morgan fingerprint density at radius 3 is 2.85 bits per heavy atom. The zero-order chi connectivity index (χ0) is 14.4. The average Bonchev–Trinajstić information content (AvgIpc) is 2.95. The number of imidazole rings is 1. The van der Waals surface area contributed by atoms with E-state index in [0.29, 0.717) is 28.8 Å². The largest absolute Gasteiger partial charge is 0.461 e. The second-order valence-corrected chi connectivity index (χ2v) is 4.88. The Balaban J connectivity index is 1.94. The van der Waals surface area contributed by atoms with E-state index in [-0.39, 0.29) is 0 Å². The summed E-state index contributed by atoms with van der Waals surface area (Å²) in [6.45, 7) is 2.10. The first-order valence-electron chi connectivity index (χ1n) is 6.07. The summed E-state index contributed by atoms with van der Waals surface area (Å²) in [5, 5.41) is 9.39. The second kappa shape index (κ2) is 6.78. The predicted molar refractivity (Wildman–Crippen MR) is 75.3 cm³/mol. The number of thioether (sulfide) groups is 1.